The highest BCUT2D eigenvalue weighted by Crippen LogP contribution is 2.40. The lowest BCUT2D eigenvalue weighted by Gasteiger charge is -2.39. The number of hydrogen-bond donors (Lipinski definition) is 4. The van der Waals surface area contributed by atoms with Crippen LogP contribution in [0, 0.1) is 0 Å². The van der Waals surface area contributed by atoms with E-state index >= 15 is 0 Å². The maximum atomic E-state index is 12.4. The molecule has 1 fully saturated rings. The van der Waals surface area contributed by atoms with Gasteiger partial charge in [-0.3, -0.25) is 4.79 Å². The van der Waals surface area contributed by atoms with Gasteiger partial charge in [0, 0.05) is 53.8 Å². The molecule has 0 unspecified atom stereocenters. The maximum Gasteiger partial charge on any atom is 0.345 e. The molecule has 170 valence electrons. The molecule has 4 N–H and O–H groups in total. The fourth-order valence-corrected chi connectivity index (χ4v) is 4.66. The van der Waals surface area contributed by atoms with E-state index in [0.29, 0.717) is 22.6 Å². The van der Waals surface area contributed by atoms with Crippen LogP contribution in [-0.4, -0.2) is 37.9 Å². The van der Waals surface area contributed by atoms with Crippen molar-refractivity contribution >= 4 is 29.3 Å². The number of carboxylic acids is 1. The minimum atomic E-state index is -1.46. The summed E-state index contributed by atoms with van der Waals surface area (Å²) in [6.45, 7) is 3.27. The smallest absolute Gasteiger partial charge is 0.345 e. The zero-order valence-corrected chi connectivity index (χ0v) is 18.8. The number of carbonyl (C=O) groups is 1. The average Bonchev–Trinajstić information content (AvgIpc) is 2.88. The van der Waals surface area contributed by atoms with E-state index in [2.05, 4.69) is 27.9 Å². The SMILES string of the molecule is Cl.Cn1c(CNC2(C)CCC2)cc2cc3c(cc21)OCCc1c-3[nH]c(=O)c(C(=O)O)c1O. The van der Waals surface area contributed by atoms with E-state index in [1.54, 1.807) is 0 Å². The summed E-state index contributed by atoms with van der Waals surface area (Å²) in [5.74, 6) is -1.35. The van der Waals surface area contributed by atoms with Crippen LogP contribution < -0.4 is 15.6 Å². The standard InChI is InChI=1S/C23H25N3O5.ClH/c1-23(5-3-6-23)24-11-13-8-12-9-15-17(10-16(12)26(13)2)31-7-4-14-19(15)25-21(28)18(20(14)27)22(29)30;/h8-10,24H,3-7,11H2,1-2H3,(H,29,30)(H2,25,27,28);1H. The van der Waals surface area contributed by atoms with Crippen LogP contribution in [0.25, 0.3) is 22.2 Å². The van der Waals surface area contributed by atoms with Crippen LogP contribution in [0.1, 0.15) is 47.8 Å². The van der Waals surface area contributed by atoms with Gasteiger partial charge in [0.2, 0.25) is 0 Å². The number of aromatic amines is 1. The number of carboxylic acid groups (broad SMARTS) is 1. The third-order valence-electron chi connectivity index (χ3n) is 6.78. The van der Waals surface area contributed by atoms with Crippen molar-refractivity contribution in [3.05, 3.63) is 45.4 Å². The zero-order valence-electron chi connectivity index (χ0n) is 17.9. The Hall–Kier alpha value is -2.97. The number of nitrogens with zero attached hydrogens (tertiary/aromatic N) is 1. The predicted molar refractivity (Wildman–Crippen MR) is 123 cm³/mol. The van der Waals surface area contributed by atoms with Gasteiger partial charge in [-0.2, -0.15) is 0 Å². The molecule has 0 saturated heterocycles. The molecule has 9 heteroatoms. The van der Waals surface area contributed by atoms with Crippen LogP contribution in [0.3, 0.4) is 0 Å². The van der Waals surface area contributed by atoms with Gasteiger partial charge in [0.05, 0.1) is 17.8 Å². The van der Waals surface area contributed by atoms with Crippen molar-refractivity contribution in [2.45, 2.75) is 44.7 Å². The minimum Gasteiger partial charge on any atom is -0.506 e. The number of aromatic nitrogens is 2. The number of ether oxygens (including phenoxy) is 1. The zero-order chi connectivity index (χ0) is 21.9. The van der Waals surface area contributed by atoms with E-state index in [1.165, 1.54) is 19.3 Å². The first-order valence-corrected chi connectivity index (χ1v) is 10.5. The molecule has 1 aliphatic carbocycles. The molecule has 0 spiro atoms. The second-order valence-corrected chi connectivity index (χ2v) is 8.80. The van der Waals surface area contributed by atoms with Crippen LogP contribution >= 0.6 is 12.4 Å². The Morgan fingerprint density at radius 1 is 1.31 bits per heavy atom. The predicted octanol–water partition coefficient (Wildman–Crippen LogP) is 3.33. The summed E-state index contributed by atoms with van der Waals surface area (Å²) in [4.78, 5) is 26.4. The van der Waals surface area contributed by atoms with Gasteiger partial charge >= 0.3 is 5.97 Å². The Kier molecular flexibility index (Phi) is 5.46. The summed E-state index contributed by atoms with van der Waals surface area (Å²) in [5.41, 5.74) is 2.31. The number of H-pyrrole nitrogens is 1. The molecule has 1 aliphatic heterocycles. The molecule has 32 heavy (non-hydrogen) atoms. The van der Waals surface area contributed by atoms with Gasteiger partial charge in [0.15, 0.2) is 5.56 Å². The Morgan fingerprint density at radius 3 is 2.72 bits per heavy atom. The number of halogens is 1. The van der Waals surface area contributed by atoms with Gasteiger partial charge in [0.1, 0.15) is 11.5 Å². The van der Waals surface area contributed by atoms with Gasteiger partial charge in [-0.25, -0.2) is 4.79 Å². The number of aryl methyl sites for hydroxylation is 1. The summed E-state index contributed by atoms with van der Waals surface area (Å²) in [5, 5.41) is 24.4. The van der Waals surface area contributed by atoms with Crippen molar-refractivity contribution < 1.29 is 19.7 Å². The number of aromatic hydroxyl groups is 1. The quantitative estimate of drug-likeness (QED) is 0.475. The van der Waals surface area contributed by atoms with Crippen molar-refractivity contribution in [2.75, 3.05) is 6.61 Å². The summed E-state index contributed by atoms with van der Waals surface area (Å²) in [6.07, 6.45) is 3.92. The van der Waals surface area contributed by atoms with Crippen molar-refractivity contribution in [2.24, 2.45) is 7.05 Å². The van der Waals surface area contributed by atoms with E-state index in [0.717, 1.165) is 23.1 Å². The average molecular weight is 460 g/mol. The number of pyridine rings is 1. The summed E-state index contributed by atoms with van der Waals surface area (Å²) >= 11 is 0. The van der Waals surface area contributed by atoms with E-state index in [4.69, 9.17) is 4.74 Å². The van der Waals surface area contributed by atoms with Gasteiger partial charge in [-0.15, -0.1) is 12.4 Å². The molecule has 0 amide bonds. The largest absolute Gasteiger partial charge is 0.506 e. The molecule has 5 rings (SSSR count). The Balaban J connectivity index is 0.00000245. The second kappa shape index (κ2) is 7.86. The fourth-order valence-electron chi connectivity index (χ4n) is 4.66. The number of benzene rings is 1. The monoisotopic (exact) mass is 459 g/mol. The third-order valence-corrected chi connectivity index (χ3v) is 6.78. The second-order valence-electron chi connectivity index (χ2n) is 8.80. The highest BCUT2D eigenvalue weighted by molar-refractivity contribution is 5.94. The topological polar surface area (TPSA) is 117 Å². The third kappa shape index (κ3) is 3.43. The van der Waals surface area contributed by atoms with E-state index < -0.39 is 22.8 Å². The Bertz CT molecular complexity index is 1290. The molecule has 3 heterocycles. The summed E-state index contributed by atoms with van der Waals surface area (Å²) < 4.78 is 8.06. The van der Waals surface area contributed by atoms with Gasteiger partial charge in [0.25, 0.3) is 5.56 Å². The first-order chi connectivity index (χ1) is 14.8. The van der Waals surface area contributed by atoms with E-state index in [1.807, 2.05) is 19.2 Å². The highest BCUT2D eigenvalue weighted by Gasteiger charge is 2.31. The number of fused-ring (bicyclic) bond motifs is 4. The number of nitrogens with one attached hydrogen (secondary N) is 2. The molecule has 0 atom stereocenters. The van der Waals surface area contributed by atoms with Gasteiger partial charge in [-0.05, 0) is 38.3 Å². The number of hydrogen-bond acceptors (Lipinski definition) is 5. The molecular formula is C23H26ClN3O5. The fraction of sp³-hybridized carbons (Fsp3) is 0.391. The Labute approximate surface area is 190 Å². The molecule has 0 radical (unpaired) electrons. The summed E-state index contributed by atoms with van der Waals surface area (Å²) in [6, 6.07) is 5.98. The van der Waals surface area contributed by atoms with Crippen molar-refractivity contribution in [1.82, 2.24) is 14.9 Å². The van der Waals surface area contributed by atoms with Gasteiger partial charge in [-0.1, -0.05) is 0 Å². The molecule has 3 aromatic rings. The van der Waals surface area contributed by atoms with Crippen molar-refractivity contribution in [1.29, 1.82) is 0 Å². The molecular weight excluding hydrogens is 434 g/mol. The number of rotatable bonds is 4. The van der Waals surface area contributed by atoms with E-state index in [9.17, 15) is 19.8 Å². The molecule has 1 saturated carbocycles. The lowest BCUT2D eigenvalue weighted by molar-refractivity contribution is 0.0691. The van der Waals surface area contributed by atoms with Crippen molar-refractivity contribution in [3.8, 4) is 22.8 Å². The molecule has 8 nitrogen and oxygen atoms in total. The van der Waals surface area contributed by atoms with Crippen LogP contribution in [0.2, 0.25) is 0 Å². The van der Waals surface area contributed by atoms with Gasteiger partial charge < -0.3 is 29.8 Å². The lowest BCUT2D eigenvalue weighted by atomic mass is 9.78. The molecule has 0 bridgehead atoms. The lowest BCUT2D eigenvalue weighted by Crippen LogP contribution is -2.47. The number of aromatic carboxylic acids is 1. The molecule has 1 aromatic carbocycles. The minimum absolute atomic E-state index is 0. The molecule has 2 aliphatic rings. The first-order valence-electron chi connectivity index (χ1n) is 10.5. The van der Waals surface area contributed by atoms with E-state index in [-0.39, 0.29) is 31.0 Å². The summed E-state index contributed by atoms with van der Waals surface area (Å²) in [7, 11) is 2.02. The highest BCUT2D eigenvalue weighted by atomic mass is 35.5. The van der Waals surface area contributed by atoms with Crippen LogP contribution in [0.5, 0.6) is 11.5 Å². The first kappa shape index (κ1) is 22.2. The van der Waals surface area contributed by atoms with Crippen molar-refractivity contribution in [3.63, 3.8) is 0 Å². The van der Waals surface area contributed by atoms with Crippen LogP contribution in [0.4, 0.5) is 0 Å². The van der Waals surface area contributed by atoms with Crippen LogP contribution in [0.15, 0.2) is 23.0 Å². The maximum absolute atomic E-state index is 12.4. The normalized spacial score (nSPS) is 16.2. The molecule has 2 aromatic heterocycles. The van der Waals surface area contributed by atoms with Crippen LogP contribution in [-0.2, 0) is 20.0 Å². The Morgan fingerprint density at radius 2 is 2.06 bits per heavy atom.